The minimum Gasteiger partial charge on any atom is -0.491 e. The molecule has 1 unspecified atom stereocenters. The Hall–Kier alpha value is -2.64. The van der Waals surface area contributed by atoms with Gasteiger partial charge in [-0.3, -0.25) is 4.99 Å². The van der Waals surface area contributed by atoms with Gasteiger partial charge in [0.25, 0.3) is 0 Å². The molecule has 0 aliphatic carbocycles. The fraction of sp³-hybridized carbons (Fsp3) is 0.286. The summed E-state index contributed by atoms with van der Waals surface area (Å²) < 4.78 is 20.3. The fourth-order valence-corrected chi connectivity index (χ4v) is 3.84. The third-order valence-electron chi connectivity index (χ3n) is 4.22. The van der Waals surface area contributed by atoms with E-state index in [1.54, 1.807) is 30.5 Å². The summed E-state index contributed by atoms with van der Waals surface area (Å²) >= 11 is 1.58. The van der Waals surface area contributed by atoms with Crippen molar-refractivity contribution in [1.82, 2.24) is 10.6 Å². The van der Waals surface area contributed by atoms with Crippen LogP contribution in [-0.2, 0) is 6.54 Å². The smallest absolute Gasteiger partial charge is 0.191 e. The number of rotatable bonds is 7. The number of fused-ring (bicyclic) bond motifs is 1. The van der Waals surface area contributed by atoms with E-state index in [9.17, 15) is 9.50 Å². The van der Waals surface area contributed by atoms with Crippen molar-refractivity contribution >= 4 is 27.4 Å². The number of nitrogens with zero attached hydrogens (tertiary/aromatic N) is 1. The lowest BCUT2D eigenvalue weighted by molar-refractivity contribution is 0.184. The molecule has 7 heteroatoms. The fourth-order valence-electron chi connectivity index (χ4n) is 2.79. The van der Waals surface area contributed by atoms with Crippen molar-refractivity contribution in [2.75, 3.05) is 20.2 Å². The van der Waals surface area contributed by atoms with Gasteiger partial charge in [-0.15, -0.1) is 11.3 Å². The topological polar surface area (TPSA) is 65.9 Å². The van der Waals surface area contributed by atoms with Gasteiger partial charge in [-0.25, -0.2) is 4.39 Å². The molecule has 0 aliphatic rings. The monoisotopic (exact) mass is 401 g/mol. The van der Waals surface area contributed by atoms with Gasteiger partial charge in [0.2, 0.25) is 0 Å². The van der Waals surface area contributed by atoms with E-state index in [-0.39, 0.29) is 11.6 Å². The van der Waals surface area contributed by atoms with Gasteiger partial charge >= 0.3 is 0 Å². The number of thiophene rings is 1. The Labute approximate surface area is 167 Å². The summed E-state index contributed by atoms with van der Waals surface area (Å²) in [4.78, 5) is 5.05. The van der Waals surface area contributed by atoms with Crippen molar-refractivity contribution in [2.45, 2.75) is 19.6 Å². The van der Waals surface area contributed by atoms with E-state index < -0.39 is 6.10 Å². The number of halogens is 1. The molecule has 0 saturated heterocycles. The number of guanidine groups is 1. The number of hydrogen-bond acceptors (Lipinski definition) is 4. The molecule has 0 spiro atoms. The van der Waals surface area contributed by atoms with Gasteiger partial charge in [0.15, 0.2) is 17.5 Å². The predicted octanol–water partition coefficient (Wildman–Crippen LogP) is 3.84. The Morgan fingerprint density at radius 3 is 2.75 bits per heavy atom. The van der Waals surface area contributed by atoms with Crippen molar-refractivity contribution in [1.29, 1.82) is 0 Å². The first kappa shape index (κ1) is 20.1. The first-order chi connectivity index (χ1) is 13.6. The van der Waals surface area contributed by atoms with Crippen molar-refractivity contribution in [2.24, 2.45) is 4.99 Å². The Bertz CT molecular complexity index is 925. The largest absolute Gasteiger partial charge is 0.491 e. The third kappa shape index (κ3) is 4.99. The van der Waals surface area contributed by atoms with E-state index in [2.05, 4.69) is 15.6 Å². The number of nitrogens with one attached hydrogen (secondary N) is 2. The van der Waals surface area contributed by atoms with Crippen LogP contribution in [0.1, 0.15) is 23.5 Å². The Morgan fingerprint density at radius 1 is 1.21 bits per heavy atom. The average molecular weight is 402 g/mol. The summed E-state index contributed by atoms with van der Waals surface area (Å²) in [5.74, 6) is 0.402. The zero-order valence-corrected chi connectivity index (χ0v) is 16.7. The van der Waals surface area contributed by atoms with Crippen molar-refractivity contribution < 1.29 is 14.2 Å². The molecule has 3 rings (SSSR count). The highest BCUT2D eigenvalue weighted by Crippen LogP contribution is 2.29. The second-order valence-corrected chi connectivity index (χ2v) is 7.32. The highest BCUT2D eigenvalue weighted by Gasteiger charge is 2.12. The minimum absolute atomic E-state index is 0.250. The van der Waals surface area contributed by atoms with Gasteiger partial charge in [-0.05, 0) is 42.1 Å². The lowest BCUT2D eigenvalue weighted by Gasteiger charge is -2.15. The van der Waals surface area contributed by atoms with Crippen LogP contribution in [0.2, 0.25) is 0 Å². The molecule has 1 aromatic heterocycles. The van der Waals surface area contributed by atoms with Crippen LogP contribution in [0.5, 0.6) is 5.75 Å². The summed E-state index contributed by atoms with van der Waals surface area (Å²) in [5.41, 5.74) is 0.772. The minimum atomic E-state index is -0.640. The van der Waals surface area contributed by atoms with Crippen LogP contribution in [0.4, 0.5) is 4.39 Å². The van der Waals surface area contributed by atoms with Crippen LogP contribution < -0.4 is 15.4 Å². The van der Waals surface area contributed by atoms with Crippen LogP contribution in [0.3, 0.4) is 0 Å². The van der Waals surface area contributed by atoms with Crippen molar-refractivity contribution in [3.8, 4) is 5.75 Å². The lowest BCUT2D eigenvalue weighted by Crippen LogP contribution is -2.38. The molecule has 148 valence electrons. The van der Waals surface area contributed by atoms with Gasteiger partial charge in [-0.2, -0.15) is 0 Å². The Kier molecular flexibility index (Phi) is 6.84. The maximum absolute atomic E-state index is 13.9. The summed E-state index contributed by atoms with van der Waals surface area (Å²) in [6, 6.07) is 14.9. The van der Waals surface area contributed by atoms with Crippen molar-refractivity contribution in [3.05, 3.63) is 64.8 Å². The van der Waals surface area contributed by atoms with E-state index in [1.165, 1.54) is 6.07 Å². The average Bonchev–Trinajstić information content (AvgIpc) is 3.14. The molecule has 2 aromatic carbocycles. The second-order valence-electron chi connectivity index (χ2n) is 6.21. The molecule has 28 heavy (non-hydrogen) atoms. The number of aliphatic hydroxyl groups is 1. The van der Waals surface area contributed by atoms with E-state index in [4.69, 9.17) is 4.74 Å². The number of benzene rings is 2. The van der Waals surface area contributed by atoms with Gasteiger partial charge in [0, 0.05) is 29.7 Å². The highest BCUT2D eigenvalue weighted by atomic mass is 32.1. The Morgan fingerprint density at radius 2 is 2.04 bits per heavy atom. The molecule has 0 radical (unpaired) electrons. The summed E-state index contributed by atoms with van der Waals surface area (Å²) in [7, 11) is 1.65. The quantitative estimate of drug-likeness (QED) is 0.416. The maximum Gasteiger partial charge on any atom is 0.191 e. The summed E-state index contributed by atoms with van der Waals surface area (Å²) in [6.45, 7) is 2.97. The van der Waals surface area contributed by atoms with E-state index in [0.29, 0.717) is 25.7 Å². The summed E-state index contributed by atoms with van der Waals surface area (Å²) in [6.07, 6.45) is -0.640. The highest BCUT2D eigenvalue weighted by molar-refractivity contribution is 7.19. The van der Waals surface area contributed by atoms with Gasteiger partial charge in [0.1, 0.15) is 6.10 Å². The maximum atomic E-state index is 13.9. The number of ether oxygens (including phenoxy) is 1. The molecule has 0 saturated carbocycles. The lowest BCUT2D eigenvalue weighted by atomic mass is 10.2. The van der Waals surface area contributed by atoms with E-state index in [0.717, 1.165) is 20.5 Å². The standard InChI is InChI=1S/C21H24FN3O2S/c1-3-27-18-9-8-14(10-16(18)22)12-24-21(23-2)25-13-17(26)20-11-15-6-4-5-7-19(15)28-20/h4-11,17,26H,3,12-13H2,1-2H3,(H2,23,24,25). The van der Waals surface area contributed by atoms with E-state index in [1.807, 2.05) is 37.3 Å². The second kappa shape index (κ2) is 9.52. The molecule has 3 N–H and O–H groups in total. The molecule has 0 aliphatic heterocycles. The first-order valence-corrected chi connectivity index (χ1v) is 9.94. The number of aliphatic imine (C=N–C) groups is 1. The zero-order valence-electron chi connectivity index (χ0n) is 15.9. The van der Waals surface area contributed by atoms with Gasteiger partial charge in [0.05, 0.1) is 6.61 Å². The van der Waals surface area contributed by atoms with Crippen molar-refractivity contribution in [3.63, 3.8) is 0 Å². The molecular weight excluding hydrogens is 377 g/mol. The van der Waals surface area contributed by atoms with Crippen LogP contribution >= 0.6 is 11.3 Å². The normalized spacial score (nSPS) is 12.8. The van der Waals surface area contributed by atoms with Gasteiger partial charge in [-0.1, -0.05) is 24.3 Å². The molecule has 1 heterocycles. The van der Waals surface area contributed by atoms with Crippen LogP contribution in [0, 0.1) is 5.82 Å². The van der Waals surface area contributed by atoms with Crippen LogP contribution in [0.15, 0.2) is 53.5 Å². The molecule has 0 fully saturated rings. The SMILES string of the molecule is CCOc1ccc(CNC(=NC)NCC(O)c2cc3ccccc3s2)cc1F. The molecule has 1 atom stereocenters. The molecule has 0 amide bonds. The molecule has 5 nitrogen and oxygen atoms in total. The number of aliphatic hydroxyl groups excluding tert-OH is 1. The molecule has 0 bridgehead atoms. The zero-order chi connectivity index (χ0) is 19.9. The predicted molar refractivity (Wildman–Crippen MR) is 113 cm³/mol. The third-order valence-corrected chi connectivity index (χ3v) is 5.43. The van der Waals surface area contributed by atoms with Crippen LogP contribution in [-0.4, -0.2) is 31.3 Å². The summed E-state index contributed by atoms with van der Waals surface area (Å²) in [5, 5.41) is 17.8. The first-order valence-electron chi connectivity index (χ1n) is 9.13. The molecular formula is C21H24FN3O2S. The van der Waals surface area contributed by atoms with Crippen LogP contribution in [0.25, 0.3) is 10.1 Å². The Balaban J connectivity index is 1.53. The van der Waals surface area contributed by atoms with Gasteiger partial charge < -0.3 is 20.5 Å². The van der Waals surface area contributed by atoms with E-state index >= 15 is 0 Å². The number of hydrogen-bond donors (Lipinski definition) is 3. The molecule has 3 aromatic rings.